The Balaban J connectivity index is 1.47. The SMILES string of the molecule is CC[C@H]1NC(=O)[C@@H](NC(=O)c2ncccc2O)[C@@H](C)OC(=O)[C@H](c2ccccc2)NC(=O)[C@@H]2CC(=O)/C(=C\NCCN(C)C)CN2C(=O)[C@H](Cc2ccc(N(C)C)cc2)N(C)C(=O)[C@@H]2CCCN2C1=O. The number of cyclic esters (lactones) is 1. The smallest absolute Gasteiger partial charge is 0.333 e. The predicted octanol–water partition coefficient (Wildman–Crippen LogP) is 0.915. The summed E-state index contributed by atoms with van der Waals surface area (Å²) in [7, 11) is 9.05. The van der Waals surface area contributed by atoms with Gasteiger partial charge in [-0.25, -0.2) is 9.78 Å². The number of likely N-dealkylation sites (N-methyl/N-ethyl adjacent to an activating group) is 2. The van der Waals surface area contributed by atoms with Gasteiger partial charge in [-0.15, -0.1) is 0 Å². The molecule has 6 amide bonds. The van der Waals surface area contributed by atoms with E-state index in [2.05, 4.69) is 26.3 Å². The molecule has 2 aromatic carbocycles. The topological polar surface area (TPSA) is 243 Å². The Hall–Kier alpha value is -7.35. The van der Waals surface area contributed by atoms with Gasteiger partial charge in [0.25, 0.3) is 5.91 Å². The normalized spacial score (nSPS) is 24.7. The summed E-state index contributed by atoms with van der Waals surface area (Å²) in [6.07, 6.45) is 1.52. The fourth-order valence-electron chi connectivity index (χ4n) is 8.74. The number of benzene rings is 2. The highest BCUT2D eigenvalue weighted by Crippen LogP contribution is 2.28. The van der Waals surface area contributed by atoms with Crippen LogP contribution in [0.4, 0.5) is 5.69 Å². The standard InChI is InChI=1S/C50H64N10O10/c1-8-35-47(66)59-24-13-16-36(59)48(67)58(7)38(26-31-18-20-34(21-19-31)57(5)6)49(68)60-29-33(28-51-23-25-56(3)4)40(62)27-37(60)44(63)55-42(32-14-10-9-11-15-32)50(69)70-30(2)41(45(64)53-35)54-46(65)43-39(61)17-12-22-52-43/h9-12,14-15,17-22,28,30,35-38,41-42,51,61H,8,13,16,23-27,29H2,1-7H3,(H,53,64)(H,54,65)(H,55,63)/b33-28-/t30-,35-,36+,37+,38+,41+,42+/m1/s1. The highest BCUT2D eigenvalue weighted by Gasteiger charge is 2.46. The molecule has 1 aromatic heterocycles. The maximum atomic E-state index is 15.5. The number of fused-ring (bicyclic) bond motifs is 2. The van der Waals surface area contributed by atoms with Crippen molar-refractivity contribution in [2.24, 2.45) is 0 Å². The first-order valence-corrected chi connectivity index (χ1v) is 23.4. The second-order valence-electron chi connectivity index (χ2n) is 18.2. The average molecular weight is 965 g/mol. The molecule has 0 radical (unpaired) electrons. The van der Waals surface area contributed by atoms with Crippen molar-refractivity contribution in [3.05, 3.63) is 102 Å². The van der Waals surface area contributed by atoms with Gasteiger partial charge in [0.15, 0.2) is 17.5 Å². The molecule has 3 saturated heterocycles. The first-order valence-electron chi connectivity index (χ1n) is 23.4. The summed E-state index contributed by atoms with van der Waals surface area (Å²) >= 11 is 0. The Morgan fingerprint density at radius 1 is 0.886 bits per heavy atom. The Kier molecular flexibility index (Phi) is 17.3. The molecule has 3 aromatic rings. The third-order valence-electron chi connectivity index (χ3n) is 12.8. The number of ether oxygens (including phenoxy) is 1. The number of ketones is 1. The second kappa shape index (κ2) is 23.3. The molecule has 5 N–H and O–H groups in total. The van der Waals surface area contributed by atoms with Gasteiger partial charge in [-0.3, -0.25) is 33.6 Å². The van der Waals surface area contributed by atoms with Crippen LogP contribution in [-0.4, -0.2) is 175 Å². The number of esters is 1. The van der Waals surface area contributed by atoms with E-state index in [1.807, 2.05) is 62.3 Å². The van der Waals surface area contributed by atoms with Crippen molar-refractivity contribution in [3.63, 3.8) is 0 Å². The number of piperidine rings is 1. The van der Waals surface area contributed by atoms with E-state index in [1.54, 1.807) is 37.3 Å². The lowest BCUT2D eigenvalue weighted by Crippen LogP contribution is -2.62. The number of Topliss-reactive ketones (excluding diaryl/α,β-unsaturated/α-hetero) is 1. The Morgan fingerprint density at radius 2 is 1.60 bits per heavy atom. The van der Waals surface area contributed by atoms with E-state index in [0.717, 1.165) is 5.69 Å². The van der Waals surface area contributed by atoms with Gasteiger partial charge in [-0.05, 0) is 75.7 Å². The fourth-order valence-corrected chi connectivity index (χ4v) is 8.74. The van der Waals surface area contributed by atoms with Gasteiger partial charge >= 0.3 is 5.97 Å². The van der Waals surface area contributed by atoms with Gasteiger partial charge in [0.1, 0.15) is 42.1 Å². The van der Waals surface area contributed by atoms with E-state index >= 15 is 4.79 Å². The summed E-state index contributed by atoms with van der Waals surface area (Å²) in [6.45, 7) is 3.91. The summed E-state index contributed by atoms with van der Waals surface area (Å²) in [5.74, 6) is -6.63. The van der Waals surface area contributed by atoms with Crippen molar-refractivity contribution >= 4 is 52.9 Å². The van der Waals surface area contributed by atoms with Gasteiger partial charge < -0.3 is 55.6 Å². The summed E-state index contributed by atoms with van der Waals surface area (Å²) in [4.78, 5) is 128. The number of pyridine rings is 1. The lowest BCUT2D eigenvalue weighted by atomic mass is 9.93. The molecule has 0 spiro atoms. The molecule has 374 valence electrons. The zero-order valence-electron chi connectivity index (χ0n) is 40.7. The molecule has 4 heterocycles. The number of nitrogens with zero attached hydrogens (tertiary/aromatic N) is 6. The summed E-state index contributed by atoms with van der Waals surface area (Å²) < 4.78 is 5.92. The fraction of sp³-hybridized carbons (Fsp3) is 0.460. The Bertz CT molecular complexity index is 2450. The van der Waals surface area contributed by atoms with Crippen LogP contribution in [0.5, 0.6) is 5.75 Å². The van der Waals surface area contributed by atoms with Crippen LogP contribution in [0.15, 0.2) is 84.7 Å². The number of aromatic hydroxyl groups is 1. The molecule has 0 saturated carbocycles. The van der Waals surface area contributed by atoms with Crippen LogP contribution >= 0.6 is 0 Å². The molecule has 70 heavy (non-hydrogen) atoms. The number of carbonyl (C=O) groups excluding carboxylic acids is 8. The monoisotopic (exact) mass is 964 g/mol. The lowest BCUT2D eigenvalue weighted by molar-refractivity contribution is -0.156. The number of hydrogen-bond acceptors (Lipinski definition) is 14. The number of nitrogens with one attached hydrogen (secondary N) is 4. The number of rotatable bonds is 11. The highest BCUT2D eigenvalue weighted by molar-refractivity contribution is 6.05. The van der Waals surface area contributed by atoms with E-state index in [9.17, 15) is 38.7 Å². The third kappa shape index (κ3) is 12.3. The zero-order valence-corrected chi connectivity index (χ0v) is 40.7. The maximum Gasteiger partial charge on any atom is 0.333 e. The van der Waals surface area contributed by atoms with Crippen LogP contribution in [0.1, 0.15) is 67.2 Å². The van der Waals surface area contributed by atoms with E-state index in [4.69, 9.17) is 4.74 Å². The minimum atomic E-state index is -1.70. The van der Waals surface area contributed by atoms with Gasteiger partial charge in [0.2, 0.25) is 29.5 Å². The van der Waals surface area contributed by atoms with Crippen LogP contribution < -0.4 is 26.2 Å². The molecule has 0 bridgehead atoms. The van der Waals surface area contributed by atoms with Crippen molar-refractivity contribution in [1.82, 2.24) is 45.9 Å². The number of carbonyl (C=O) groups is 8. The van der Waals surface area contributed by atoms with Gasteiger partial charge in [0.05, 0.1) is 6.54 Å². The quantitative estimate of drug-likeness (QED) is 0.102. The summed E-state index contributed by atoms with van der Waals surface area (Å²) in [6, 6.07) is 9.78. The van der Waals surface area contributed by atoms with Crippen LogP contribution in [0.25, 0.3) is 0 Å². The Labute approximate surface area is 407 Å². The first kappa shape index (κ1) is 52.0. The van der Waals surface area contributed by atoms with Crippen LogP contribution in [0, 0.1) is 0 Å². The van der Waals surface area contributed by atoms with Gasteiger partial charge in [-0.1, -0.05) is 49.4 Å². The minimum absolute atomic E-state index is 0.0117. The van der Waals surface area contributed by atoms with Crippen LogP contribution in [0.3, 0.4) is 0 Å². The molecular formula is C50H64N10O10. The predicted molar refractivity (Wildman–Crippen MR) is 258 cm³/mol. The minimum Gasteiger partial charge on any atom is -0.505 e. The summed E-state index contributed by atoms with van der Waals surface area (Å²) in [5, 5.41) is 21.5. The van der Waals surface area contributed by atoms with E-state index < -0.39 is 107 Å². The van der Waals surface area contributed by atoms with Crippen molar-refractivity contribution < 1.29 is 48.2 Å². The lowest BCUT2D eigenvalue weighted by Gasteiger charge is -2.40. The Morgan fingerprint density at radius 3 is 2.26 bits per heavy atom. The molecule has 7 atom stereocenters. The zero-order chi connectivity index (χ0) is 50.8. The van der Waals surface area contributed by atoms with Crippen molar-refractivity contribution in [2.45, 2.75) is 88.3 Å². The highest BCUT2D eigenvalue weighted by atomic mass is 16.5. The van der Waals surface area contributed by atoms with Crippen LogP contribution in [0.2, 0.25) is 0 Å². The molecule has 3 fully saturated rings. The third-order valence-corrected chi connectivity index (χ3v) is 12.8. The molecular weight excluding hydrogens is 901 g/mol. The number of amides is 6. The number of anilines is 1. The van der Waals surface area contributed by atoms with E-state index in [1.165, 1.54) is 53.2 Å². The molecule has 3 aliphatic rings. The van der Waals surface area contributed by atoms with Crippen molar-refractivity contribution in [2.75, 3.05) is 66.3 Å². The van der Waals surface area contributed by atoms with E-state index in [0.29, 0.717) is 25.1 Å². The molecule has 20 nitrogen and oxygen atoms in total. The van der Waals surface area contributed by atoms with Crippen molar-refractivity contribution in [1.29, 1.82) is 0 Å². The molecule has 20 heteroatoms. The maximum absolute atomic E-state index is 15.5. The largest absolute Gasteiger partial charge is 0.505 e. The van der Waals surface area contributed by atoms with Gasteiger partial charge in [0, 0.05) is 77.3 Å². The van der Waals surface area contributed by atoms with Crippen molar-refractivity contribution in [3.8, 4) is 5.75 Å². The molecule has 3 aliphatic heterocycles. The van der Waals surface area contributed by atoms with E-state index in [-0.39, 0.29) is 43.5 Å². The molecule has 0 aliphatic carbocycles. The number of aromatic nitrogens is 1. The second-order valence-corrected chi connectivity index (χ2v) is 18.2. The first-order chi connectivity index (χ1) is 33.4. The number of hydrogen-bond donors (Lipinski definition) is 5. The molecule has 6 rings (SSSR count). The molecule has 0 unspecified atom stereocenters. The average Bonchev–Trinajstić information content (AvgIpc) is 3.84. The summed E-state index contributed by atoms with van der Waals surface area (Å²) in [5.41, 5.74) is 1.60. The van der Waals surface area contributed by atoms with Gasteiger partial charge in [-0.2, -0.15) is 0 Å². The van der Waals surface area contributed by atoms with Crippen LogP contribution in [-0.2, 0) is 44.7 Å².